The second kappa shape index (κ2) is 7.57. The Morgan fingerprint density at radius 3 is 2.61 bits per heavy atom. The molecule has 1 aromatic rings. The summed E-state index contributed by atoms with van der Waals surface area (Å²) in [5.41, 5.74) is 0.0556. The van der Waals surface area contributed by atoms with E-state index in [0.29, 0.717) is 0 Å². The fourth-order valence-corrected chi connectivity index (χ4v) is 3.88. The number of hydrogen-bond acceptors (Lipinski definition) is 5. The summed E-state index contributed by atoms with van der Waals surface area (Å²) in [5.74, 6) is -0.558. The maximum absolute atomic E-state index is 12.5. The van der Waals surface area contributed by atoms with Gasteiger partial charge in [-0.05, 0) is 37.8 Å². The number of hydrogen-bond donors (Lipinski definition) is 0. The van der Waals surface area contributed by atoms with Crippen LogP contribution in [0.3, 0.4) is 0 Å². The van der Waals surface area contributed by atoms with Crippen LogP contribution < -0.4 is 0 Å². The van der Waals surface area contributed by atoms with E-state index in [1.807, 2.05) is 6.07 Å². The van der Waals surface area contributed by atoms with Crippen LogP contribution in [-0.4, -0.2) is 38.4 Å². The van der Waals surface area contributed by atoms with Crippen LogP contribution in [-0.2, 0) is 19.6 Å². The molecule has 1 aromatic carbocycles. The predicted octanol–water partition coefficient (Wildman–Crippen LogP) is 2.05. The molecule has 0 atom stereocenters. The van der Waals surface area contributed by atoms with Gasteiger partial charge in [-0.3, -0.25) is 4.79 Å². The molecule has 0 bridgehead atoms. The summed E-state index contributed by atoms with van der Waals surface area (Å²) in [4.78, 5) is 11.9. The molecular formula is C16H20N2O4S. The molecule has 1 saturated carbocycles. The lowest BCUT2D eigenvalue weighted by Gasteiger charge is -2.23. The fourth-order valence-electron chi connectivity index (χ4n) is 2.62. The maximum Gasteiger partial charge on any atom is 0.321 e. The van der Waals surface area contributed by atoms with Crippen LogP contribution >= 0.6 is 0 Å². The Hall–Kier alpha value is -1.91. The Kier molecular flexibility index (Phi) is 5.74. The minimum atomic E-state index is -3.91. The second-order valence-corrected chi connectivity index (χ2v) is 7.63. The van der Waals surface area contributed by atoms with Crippen molar-refractivity contribution in [1.29, 1.82) is 5.26 Å². The molecule has 0 unspecified atom stereocenters. The summed E-state index contributed by atoms with van der Waals surface area (Å²) in [7, 11) is -2.60. The van der Waals surface area contributed by atoms with Crippen molar-refractivity contribution in [2.75, 3.05) is 13.6 Å². The number of benzene rings is 1. The highest BCUT2D eigenvalue weighted by Crippen LogP contribution is 2.21. The normalized spacial score (nSPS) is 16.0. The third kappa shape index (κ3) is 4.30. The highest BCUT2D eigenvalue weighted by molar-refractivity contribution is 7.89. The Morgan fingerprint density at radius 2 is 1.96 bits per heavy atom. The molecule has 0 radical (unpaired) electrons. The van der Waals surface area contributed by atoms with Gasteiger partial charge in [-0.15, -0.1) is 0 Å². The Balaban J connectivity index is 2.05. The number of nitrogens with zero attached hydrogens (tertiary/aromatic N) is 2. The van der Waals surface area contributed by atoms with Gasteiger partial charge in [0.15, 0.2) is 0 Å². The van der Waals surface area contributed by atoms with Gasteiger partial charge in [-0.25, -0.2) is 8.42 Å². The van der Waals surface area contributed by atoms with E-state index < -0.39 is 16.0 Å². The summed E-state index contributed by atoms with van der Waals surface area (Å²) in [6.07, 6.45) is 4.76. The smallest absolute Gasteiger partial charge is 0.321 e. The first-order valence-corrected chi connectivity index (χ1v) is 9.04. The van der Waals surface area contributed by atoms with Gasteiger partial charge < -0.3 is 4.74 Å². The first kappa shape index (κ1) is 17.4. The van der Waals surface area contributed by atoms with Crippen LogP contribution in [0.15, 0.2) is 29.2 Å². The van der Waals surface area contributed by atoms with Crippen LogP contribution in [0.5, 0.6) is 0 Å². The van der Waals surface area contributed by atoms with Gasteiger partial charge in [-0.1, -0.05) is 18.6 Å². The van der Waals surface area contributed by atoms with E-state index in [0.717, 1.165) is 36.4 Å². The van der Waals surface area contributed by atoms with Crippen LogP contribution in [0.1, 0.15) is 37.7 Å². The zero-order chi connectivity index (χ0) is 16.9. The van der Waals surface area contributed by atoms with Crippen molar-refractivity contribution in [3.63, 3.8) is 0 Å². The summed E-state index contributed by atoms with van der Waals surface area (Å²) < 4.78 is 31.3. The average molecular weight is 336 g/mol. The van der Waals surface area contributed by atoms with Crippen LogP contribution in [0, 0.1) is 11.3 Å². The number of nitriles is 1. The van der Waals surface area contributed by atoms with Crippen molar-refractivity contribution >= 4 is 16.0 Å². The molecule has 1 fully saturated rings. The minimum absolute atomic E-state index is 0.0556. The van der Waals surface area contributed by atoms with Crippen molar-refractivity contribution in [2.24, 2.45) is 0 Å². The van der Waals surface area contributed by atoms with Crippen LogP contribution in [0.4, 0.5) is 0 Å². The molecular weight excluding hydrogens is 316 g/mol. The highest BCUT2D eigenvalue weighted by Gasteiger charge is 2.27. The number of rotatable bonds is 5. The summed E-state index contributed by atoms with van der Waals surface area (Å²) in [6.45, 7) is -0.363. The zero-order valence-corrected chi connectivity index (χ0v) is 13.9. The molecule has 7 heteroatoms. The average Bonchev–Trinajstić information content (AvgIpc) is 2.55. The van der Waals surface area contributed by atoms with E-state index in [1.165, 1.54) is 19.2 Å². The number of carbonyl (C=O) groups excluding carboxylic acids is 1. The van der Waals surface area contributed by atoms with Gasteiger partial charge in [-0.2, -0.15) is 9.57 Å². The zero-order valence-electron chi connectivity index (χ0n) is 13.1. The second-order valence-electron chi connectivity index (χ2n) is 5.62. The van der Waals surface area contributed by atoms with Crippen molar-refractivity contribution < 1.29 is 17.9 Å². The highest BCUT2D eigenvalue weighted by atomic mass is 32.2. The maximum atomic E-state index is 12.5. The van der Waals surface area contributed by atoms with Crippen LogP contribution in [0.25, 0.3) is 0 Å². The molecule has 1 aliphatic rings. The standard InChI is InChI=1S/C16H20N2O4S/c1-18(12-16(19)22-14-8-3-2-4-9-14)23(20,21)15-10-6-5-7-13(15)11-17/h5-7,10,14H,2-4,8-9,12H2,1H3. The molecule has 0 aliphatic heterocycles. The summed E-state index contributed by atoms with van der Waals surface area (Å²) in [6, 6.07) is 7.78. The van der Waals surface area contributed by atoms with E-state index in [-0.39, 0.29) is 23.1 Å². The Morgan fingerprint density at radius 1 is 1.30 bits per heavy atom. The molecule has 6 nitrogen and oxygen atoms in total. The fraction of sp³-hybridized carbons (Fsp3) is 0.500. The lowest BCUT2D eigenvalue weighted by Crippen LogP contribution is -2.35. The monoisotopic (exact) mass is 336 g/mol. The summed E-state index contributed by atoms with van der Waals surface area (Å²) in [5, 5.41) is 9.04. The minimum Gasteiger partial charge on any atom is -0.461 e. The van der Waals surface area contributed by atoms with Crippen molar-refractivity contribution in [3.8, 4) is 6.07 Å². The van der Waals surface area contributed by atoms with Crippen molar-refractivity contribution in [3.05, 3.63) is 29.8 Å². The lowest BCUT2D eigenvalue weighted by molar-refractivity contribution is -0.150. The number of likely N-dealkylation sites (N-methyl/N-ethyl adjacent to an activating group) is 1. The van der Waals surface area contributed by atoms with E-state index in [2.05, 4.69) is 0 Å². The van der Waals surface area contributed by atoms with Gasteiger partial charge in [0.05, 0.1) is 10.5 Å². The number of esters is 1. The quantitative estimate of drug-likeness (QED) is 0.768. The van der Waals surface area contributed by atoms with E-state index in [9.17, 15) is 13.2 Å². The molecule has 0 aromatic heterocycles. The van der Waals surface area contributed by atoms with Crippen LogP contribution in [0.2, 0.25) is 0 Å². The van der Waals surface area contributed by atoms with Gasteiger partial charge in [0, 0.05) is 7.05 Å². The third-order valence-electron chi connectivity index (χ3n) is 3.90. The largest absolute Gasteiger partial charge is 0.461 e. The van der Waals surface area contributed by atoms with E-state index in [4.69, 9.17) is 10.00 Å². The van der Waals surface area contributed by atoms with Gasteiger partial charge in [0.1, 0.15) is 18.7 Å². The molecule has 1 aliphatic carbocycles. The number of ether oxygens (including phenoxy) is 1. The summed E-state index contributed by atoms with van der Waals surface area (Å²) >= 11 is 0. The topological polar surface area (TPSA) is 87.5 Å². The predicted molar refractivity (Wildman–Crippen MR) is 83.9 cm³/mol. The van der Waals surface area contributed by atoms with Crippen molar-refractivity contribution in [2.45, 2.75) is 43.1 Å². The van der Waals surface area contributed by atoms with Gasteiger partial charge in [0.2, 0.25) is 10.0 Å². The van der Waals surface area contributed by atoms with E-state index in [1.54, 1.807) is 12.1 Å². The molecule has 2 rings (SSSR count). The number of sulfonamides is 1. The first-order valence-electron chi connectivity index (χ1n) is 7.60. The number of carbonyl (C=O) groups is 1. The molecule has 23 heavy (non-hydrogen) atoms. The van der Waals surface area contributed by atoms with Crippen molar-refractivity contribution in [1.82, 2.24) is 4.31 Å². The molecule has 0 spiro atoms. The molecule has 0 amide bonds. The van der Waals surface area contributed by atoms with E-state index >= 15 is 0 Å². The molecule has 0 N–H and O–H groups in total. The third-order valence-corrected chi connectivity index (χ3v) is 5.76. The lowest BCUT2D eigenvalue weighted by atomic mass is 9.98. The SMILES string of the molecule is CN(CC(=O)OC1CCCCC1)S(=O)(=O)c1ccccc1C#N. The molecule has 124 valence electrons. The first-order chi connectivity index (χ1) is 10.9. The Labute approximate surface area is 136 Å². The Bertz CT molecular complexity index is 703. The van der Waals surface area contributed by atoms with Gasteiger partial charge >= 0.3 is 5.97 Å². The molecule has 0 saturated heterocycles. The van der Waals surface area contributed by atoms with Gasteiger partial charge in [0.25, 0.3) is 0 Å². The molecule has 0 heterocycles.